The van der Waals surface area contributed by atoms with Crippen molar-refractivity contribution in [3.63, 3.8) is 0 Å². The number of aromatic nitrogens is 3. The summed E-state index contributed by atoms with van der Waals surface area (Å²) >= 11 is 1.40. The highest BCUT2D eigenvalue weighted by Crippen LogP contribution is 2.29. The van der Waals surface area contributed by atoms with Gasteiger partial charge in [0.1, 0.15) is 17.1 Å². The largest absolute Gasteiger partial charge is 0.497 e. The van der Waals surface area contributed by atoms with Crippen molar-refractivity contribution in [2.45, 2.75) is 18.1 Å². The fraction of sp³-hybridized carbons (Fsp3) is 0.200. The van der Waals surface area contributed by atoms with Crippen LogP contribution in [-0.2, 0) is 13.0 Å². The Morgan fingerprint density at radius 1 is 1.11 bits per heavy atom. The van der Waals surface area contributed by atoms with Crippen LogP contribution in [0.25, 0.3) is 22.2 Å². The average molecular weight is 493 g/mol. The molecule has 0 aliphatic carbocycles. The maximum absolute atomic E-state index is 13.7. The van der Waals surface area contributed by atoms with Gasteiger partial charge < -0.3 is 14.6 Å². The molecule has 2 aromatic heterocycles. The van der Waals surface area contributed by atoms with Crippen LogP contribution < -0.4 is 20.3 Å². The molecule has 2 aromatic carbocycles. The number of ether oxygens (including phenoxy) is 2. The van der Waals surface area contributed by atoms with Gasteiger partial charge in [-0.05, 0) is 54.1 Å². The number of nitrogens with zero attached hydrogens (tertiary/aromatic N) is 3. The minimum Gasteiger partial charge on any atom is -0.497 e. The predicted molar refractivity (Wildman–Crippen MR) is 136 cm³/mol. The van der Waals surface area contributed by atoms with Crippen LogP contribution in [0.15, 0.2) is 64.7 Å². The molecule has 0 aliphatic heterocycles. The number of hydrogen-bond donors (Lipinski definition) is 2. The first kappa shape index (κ1) is 24.1. The fourth-order valence-electron chi connectivity index (χ4n) is 3.79. The number of hydrogen-bond acceptors (Lipinski definition) is 7. The van der Waals surface area contributed by atoms with Gasteiger partial charge in [0.15, 0.2) is 5.16 Å². The van der Waals surface area contributed by atoms with E-state index in [9.17, 15) is 9.59 Å². The van der Waals surface area contributed by atoms with Crippen molar-refractivity contribution in [3.05, 3.63) is 70.6 Å². The van der Waals surface area contributed by atoms with E-state index in [1.165, 1.54) is 11.8 Å². The number of benzene rings is 2. The first-order chi connectivity index (χ1) is 16.9. The lowest BCUT2D eigenvalue weighted by molar-refractivity contribution is 0.209. The van der Waals surface area contributed by atoms with Crippen LogP contribution in [0.3, 0.4) is 0 Å². The average Bonchev–Trinajstić information content (AvgIpc) is 2.87. The monoisotopic (exact) mass is 492 g/mol. The van der Waals surface area contributed by atoms with Gasteiger partial charge in [-0.1, -0.05) is 23.9 Å². The number of fused-ring (bicyclic) bond motifs is 1. The summed E-state index contributed by atoms with van der Waals surface area (Å²) in [7, 11) is 3.12. The molecule has 0 unspecified atom stereocenters. The first-order valence-electron chi connectivity index (χ1n) is 10.7. The zero-order chi connectivity index (χ0) is 24.9. The molecular weight excluding hydrogens is 468 g/mol. The van der Waals surface area contributed by atoms with Gasteiger partial charge in [-0.3, -0.25) is 14.7 Å². The van der Waals surface area contributed by atoms with Gasteiger partial charge in [0.05, 0.1) is 14.2 Å². The number of thioether (sulfide) groups is 1. The number of rotatable bonds is 8. The molecule has 10 heteroatoms. The molecule has 4 rings (SSSR count). The van der Waals surface area contributed by atoms with Gasteiger partial charge in [-0.2, -0.15) is 0 Å². The SMILES string of the molecule is COc1cc(OC)cc(-c2cc3cnc(SC)nc3n(CCc3cccc(NC(=O)O)c3)c2=O)c1. The number of amides is 1. The molecule has 2 N–H and O–H groups in total. The quantitative estimate of drug-likeness (QED) is 0.272. The minimum atomic E-state index is -1.13. The van der Waals surface area contributed by atoms with E-state index >= 15 is 0 Å². The van der Waals surface area contributed by atoms with Crippen molar-refractivity contribution in [1.82, 2.24) is 14.5 Å². The third-order valence-corrected chi connectivity index (χ3v) is 6.01. The molecular formula is C25H24N4O5S. The van der Waals surface area contributed by atoms with E-state index < -0.39 is 6.09 Å². The van der Waals surface area contributed by atoms with Crippen LogP contribution in [0, 0.1) is 0 Å². The van der Waals surface area contributed by atoms with Crippen LogP contribution in [0.1, 0.15) is 5.56 Å². The zero-order valence-corrected chi connectivity index (χ0v) is 20.3. The minimum absolute atomic E-state index is 0.210. The molecule has 2 heterocycles. The van der Waals surface area contributed by atoms with Gasteiger partial charge in [0.25, 0.3) is 5.56 Å². The number of pyridine rings is 1. The summed E-state index contributed by atoms with van der Waals surface area (Å²) in [4.78, 5) is 33.7. The Kier molecular flexibility index (Phi) is 7.21. The number of methoxy groups -OCH3 is 2. The standard InChI is InChI=1S/C25H24N4O5S/c1-33-19-10-16(11-20(13-19)34-2)21-12-17-14-26-24(35-3)28-22(17)29(23(21)30)8-7-15-5-4-6-18(9-15)27-25(31)32/h4-6,9-14,27H,7-8H2,1-3H3,(H,31,32). The van der Waals surface area contributed by atoms with Gasteiger partial charge in [-0.25, -0.2) is 14.8 Å². The number of carboxylic acid groups (broad SMARTS) is 1. The maximum atomic E-state index is 13.7. The van der Waals surface area contributed by atoms with Gasteiger partial charge in [0.2, 0.25) is 0 Å². The molecule has 4 aromatic rings. The van der Waals surface area contributed by atoms with E-state index in [2.05, 4.69) is 15.3 Å². The molecule has 0 aliphatic rings. The maximum Gasteiger partial charge on any atom is 0.409 e. The van der Waals surface area contributed by atoms with E-state index in [1.54, 1.807) is 67.4 Å². The third kappa shape index (κ3) is 5.38. The van der Waals surface area contributed by atoms with Gasteiger partial charge in [-0.15, -0.1) is 0 Å². The molecule has 0 spiro atoms. The Morgan fingerprint density at radius 3 is 2.51 bits per heavy atom. The summed E-state index contributed by atoms with van der Waals surface area (Å²) in [5, 5.41) is 12.6. The second-order valence-electron chi connectivity index (χ2n) is 7.63. The Morgan fingerprint density at radius 2 is 1.86 bits per heavy atom. The molecule has 180 valence electrons. The Bertz CT molecular complexity index is 1430. The summed E-state index contributed by atoms with van der Waals surface area (Å²) in [5.74, 6) is 1.14. The number of nitrogens with one attached hydrogen (secondary N) is 1. The van der Waals surface area contributed by atoms with Crippen LogP contribution in [0.4, 0.5) is 10.5 Å². The molecule has 1 amide bonds. The second-order valence-corrected chi connectivity index (χ2v) is 8.41. The summed E-state index contributed by atoms with van der Waals surface area (Å²) in [6.45, 7) is 0.339. The Labute approximate surface area is 205 Å². The van der Waals surface area contributed by atoms with Crippen molar-refractivity contribution in [2.24, 2.45) is 0 Å². The van der Waals surface area contributed by atoms with Crippen molar-refractivity contribution >= 4 is 34.6 Å². The molecule has 9 nitrogen and oxygen atoms in total. The zero-order valence-electron chi connectivity index (χ0n) is 19.4. The molecule has 0 bridgehead atoms. The molecule has 0 fully saturated rings. The van der Waals surface area contributed by atoms with Crippen LogP contribution in [-0.4, -0.2) is 46.2 Å². The second kappa shape index (κ2) is 10.5. The molecule has 0 atom stereocenters. The fourth-order valence-corrected chi connectivity index (χ4v) is 4.12. The van der Waals surface area contributed by atoms with E-state index in [4.69, 9.17) is 14.6 Å². The smallest absolute Gasteiger partial charge is 0.409 e. The predicted octanol–water partition coefficient (Wildman–Crippen LogP) is 4.53. The Balaban J connectivity index is 1.82. The molecule has 35 heavy (non-hydrogen) atoms. The van der Waals surface area contributed by atoms with Crippen LogP contribution >= 0.6 is 11.8 Å². The normalized spacial score (nSPS) is 10.8. The molecule has 0 radical (unpaired) electrons. The van der Waals surface area contributed by atoms with E-state index in [-0.39, 0.29) is 5.56 Å². The van der Waals surface area contributed by atoms with E-state index in [1.807, 2.05) is 12.3 Å². The van der Waals surface area contributed by atoms with Crippen molar-refractivity contribution < 1.29 is 19.4 Å². The highest BCUT2D eigenvalue weighted by atomic mass is 32.2. The topological polar surface area (TPSA) is 116 Å². The lowest BCUT2D eigenvalue weighted by Crippen LogP contribution is -2.24. The van der Waals surface area contributed by atoms with Gasteiger partial charge in [0, 0.05) is 35.4 Å². The third-order valence-electron chi connectivity index (χ3n) is 5.45. The lowest BCUT2D eigenvalue weighted by Gasteiger charge is -2.14. The van der Waals surface area contributed by atoms with Gasteiger partial charge >= 0.3 is 6.09 Å². The van der Waals surface area contributed by atoms with Crippen molar-refractivity contribution in [3.8, 4) is 22.6 Å². The van der Waals surface area contributed by atoms with Crippen LogP contribution in [0.5, 0.6) is 11.5 Å². The van der Waals surface area contributed by atoms with Crippen LogP contribution in [0.2, 0.25) is 0 Å². The number of aryl methyl sites for hydroxylation is 2. The molecule has 0 saturated carbocycles. The summed E-state index contributed by atoms with van der Waals surface area (Å²) in [6.07, 6.45) is 2.95. The highest BCUT2D eigenvalue weighted by molar-refractivity contribution is 7.98. The number of carbonyl (C=O) groups is 1. The lowest BCUT2D eigenvalue weighted by atomic mass is 10.0. The highest BCUT2D eigenvalue weighted by Gasteiger charge is 2.15. The van der Waals surface area contributed by atoms with Crippen molar-refractivity contribution in [2.75, 3.05) is 25.8 Å². The Hall–Kier alpha value is -4.05. The molecule has 0 saturated heterocycles. The summed E-state index contributed by atoms with van der Waals surface area (Å²) < 4.78 is 12.4. The van der Waals surface area contributed by atoms with E-state index in [0.29, 0.717) is 52.1 Å². The first-order valence-corrected chi connectivity index (χ1v) is 11.9. The van der Waals surface area contributed by atoms with E-state index in [0.717, 1.165) is 10.9 Å². The number of anilines is 1. The summed E-state index contributed by atoms with van der Waals surface area (Å²) in [6, 6.07) is 14.2. The summed E-state index contributed by atoms with van der Waals surface area (Å²) in [5.41, 5.74) is 2.80. The van der Waals surface area contributed by atoms with Crippen molar-refractivity contribution in [1.29, 1.82) is 0 Å².